The van der Waals surface area contributed by atoms with Crippen LogP contribution in [0.5, 0.6) is 0 Å². The summed E-state index contributed by atoms with van der Waals surface area (Å²) in [5, 5.41) is 2.99. The highest BCUT2D eigenvalue weighted by Crippen LogP contribution is 1.86. The maximum atomic E-state index is 11.2. The lowest BCUT2D eigenvalue weighted by molar-refractivity contribution is -0.139. The van der Waals surface area contributed by atoms with Crippen molar-refractivity contribution in [1.29, 1.82) is 0 Å². The van der Waals surface area contributed by atoms with Crippen molar-refractivity contribution < 1.29 is 14.3 Å². The van der Waals surface area contributed by atoms with Crippen molar-refractivity contribution >= 4 is 12.0 Å². The van der Waals surface area contributed by atoms with Gasteiger partial charge in [0.2, 0.25) is 0 Å². The minimum absolute atomic E-state index is 0.0673. The van der Waals surface area contributed by atoms with Crippen LogP contribution in [0.1, 0.15) is 13.3 Å². The van der Waals surface area contributed by atoms with Gasteiger partial charge in [-0.25, -0.2) is 9.79 Å². The lowest BCUT2D eigenvalue weighted by Gasteiger charge is -2.12. The van der Waals surface area contributed by atoms with Crippen LogP contribution in [-0.2, 0) is 14.3 Å². The molecule has 0 rings (SSSR count). The van der Waals surface area contributed by atoms with Crippen molar-refractivity contribution in [2.24, 2.45) is 4.99 Å². The third kappa shape index (κ3) is 9.77. The number of hydrogen-bond acceptors (Lipinski definition) is 5. The van der Waals surface area contributed by atoms with Crippen molar-refractivity contribution in [3.05, 3.63) is 0 Å². The monoisotopic (exact) mass is 245 g/mol. The molecule has 6 heteroatoms. The normalized spacial score (nSPS) is 11.7. The summed E-state index contributed by atoms with van der Waals surface area (Å²) in [7, 11) is 5.47. The maximum absolute atomic E-state index is 11.2. The molecule has 1 N–H and O–H groups in total. The lowest BCUT2D eigenvalue weighted by Crippen LogP contribution is -2.32. The first-order valence-electron chi connectivity index (χ1n) is 5.72. The predicted octanol–water partition coefficient (Wildman–Crippen LogP) is 0.0932. The number of hydrogen-bond donors (Lipinski definition) is 1. The molecule has 0 heterocycles. The van der Waals surface area contributed by atoms with Crippen LogP contribution >= 0.6 is 0 Å². The van der Waals surface area contributed by atoms with Crippen molar-refractivity contribution in [1.82, 2.24) is 10.2 Å². The Kier molecular flexibility index (Phi) is 9.37. The minimum atomic E-state index is -0.445. The van der Waals surface area contributed by atoms with Gasteiger partial charge in [0.25, 0.3) is 6.02 Å². The molecule has 0 fully saturated rings. The average Bonchev–Trinajstić information content (AvgIpc) is 2.24. The molecule has 0 amide bonds. The number of ether oxygens (including phenoxy) is 2. The van der Waals surface area contributed by atoms with E-state index in [4.69, 9.17) is 4.74 Å². The molecule has 6 nitrogen and oxygen atoms in total. The first-order chi connectivity index (χ1) is 8.10. The smallest absolute Gasteiger partial charge is 0.339 e. The zero-order valence-corrected chi connectivity index (χ0v) is 11.2. The van der Waals surface area contributed by atoms with Gasteiger partial charge in [-0.2, -0.15) is 0 Å². The van der Waals surface area contributed by atoms with Gasteiger partial charge in [-0.15, -0.1) is 0 Å². The summed E-state index contributed by atoms with van der Waals surface area (Å²) in [6.07, 6.45) is 0.956. The second kappa shape index (κ2) is 10.0. The van der Waals surface area contributed by atoms with Gasteiger partial charge in [0.15, 0.2) is 0 Å². The average molecular weight is 245 g/mol. The summed E-state index contributed by atoms with van der Waals surface area (Å²) >= 11 is 0. The van der Waals surface area contributed by atoms with E-state index in [1.807, 2.05) is 21.0 Å². The SMILES string of the molecule is CC/N=C(/NCCCN(C)C)OC(=O)COC. The molecule has 0 radical (unpaired) electrons. The van der Waals surface area contributed by atoms with Crippen LogP contribution in [0, 0.1) is 0 Å². The molecule has 0 unspecified atom stereocenters. The zero-order valence-electron chi connectivity index (χ0n) is 11.2. The largest absolute Gasteiger partial charge is 0.391 e. The summed E-state index contributed by atoms with van der Waals surface area (Å²) < 4.78 is 9.68. The quantitative estimate of drug-likeness (QED) is 0.298. The molecule has 0 aliphatic rings. The van der Waals surface area contributed by atoms with E-state index >= 15 is 0 Å². The fourth-order valence-corrected chi connectivity index (χ4v) is 1.11. The number of rotatable bonds is 7. The van der Waals surface area contributed by atoms with E-state index in [9.17, 15) is 4.79 Å². The van der Waals surface area contributed by atoms with Crippen molar-refractivity contribution in [3.63, 3.8) is 0 Å². The summed E-state index contributed by atoms with van der Waals surface area (Å²) in [5.41, 5.74) is 0. The molecule has 0 aliphatic carbocycles. The molecule has 0 aliphatic heterocycles. The van der Waals surface area contributed by atoms with Crippen molar-refractivity contribution in [2.45, 2.75) is 13.3 Å². The highest BCUT2D eigenvalue weighted by atomic mass is 16.6. The van der Waals surface area contributed by atoms with Gasteiger partial charge >= 0.3 is 5.97 Å². The van der Waals surface area contributed by atoms with Crippen LogP contribution < -0.4 is 5.32 Å². The molecular formula is C11H23N3O3. The maximum Gasteiger partial charge on any atom is 0.339 e. The number of methoxy groups -OCH3 is 1. The Labute approximate surface area is 103 Å². The molecule has 0 atom stereocenters. The van der Waals surface area contributed by atoms with E-state index < -0.39 is 5.97 Å². The number of carbonyl (C=O) groups excluding carboxylic acids is 1. The van der Waals surface area contributed by atoms with Gasteiger partial charge in [0.05, 0.1) is 0 Å². The number of nitrogens with zero attached hydrogens (tertiary/aromatic N) is 2. The molecule has 0 aromatic heterocycles. The third-order valence-corrected chi connectivity index (χ3v) is 1.83. The summed E-state index contributed by atoms with van der Waals surface area (Å²) in [4.78, 5) is 17.3. The number of amidine groups is 1. The Morgan fingerprint density at radius 2 is 2.12 bits per heavy atom. The van der Waals surface area contributed by atoms with Crippen LogP contribution in [0.15, 0.2) is 4.99 Å². The zero-order chi connectivity index (χ0) is 13.1. The van der Waals surface area contributed by atoms with E-state index in [1.54, 1.807) is 0 Å². The van der Waals surface area contributed by atoms with Gasteiger partial charge in [-0.1, -0.05) is 0 Å². The second-order valence-electron chi connectivity index (χ2n) is 3.77. The Morgan fingerprint density at radius 3 is 2.65 bits per heavy atom. The Balaban J connectivity index is 3.91. The predicted molar refractivity (Wildman–Crippen MR) is 67.1 cm³/mol. The summed E-state index contributed by atoms with van der Waals surface area (Å²) in [5.74, 6) is -0.445. The number of nitrogens with one attached hydrogen (secondary N) is 1. The van der Waals surface area contributed by atoms with E-state index in [0.717, 1.165) is 19.5 Å². The van der Waals surface area contributed by atoms with Gasteiger partial charge in [-0.05, 0) is 34.0 Å². The molecule has 0 saturated heterocycles. The highest BCUT2D eigenvalue weighted by Gasteiger charge is 2.07. The van der Waals surface area contributed by atoms with E-state index in [0.29, 0.717) is 6.54 Å². The van der Waals surface area contributed by atoms with Gasteiger partial charge in [0.1, 0.15) is 6.61 Å². The van der Waals surface area contributed by atoms with Gasteiger partial charge in [0, 0.05) is 20.2 Å². The van der Waals surface area contributed by atoms with Gasteiger partial charge < -0.3 is 19.7 Å². The molecule has 0 aromatic rings. The molecular weight excluding hydrogens is 222 g/mol. The number of carbonyl (C=O) groups is 1. The Bertz CT molecular complexity index is 242. The van der Waals surface area contributed by atoms with Crippen LogP contribution in [0.3, 0.4) is 0 Å². The third-order valence-electron chi connectivity index (χ3n) is 1.83. The highest BCUT2D eigenvalue weighted by molar-refractivity contribution is 5.87. The molecule has 0 saturated carbocycles. The lowest BCUT2D eigenvalue weighted by atomic mass is 10.4. The van der Waals surface area contributed by atoms with Crippen LogP contribution in [0.2, 0.25) is 0 Å². The first-order valence-corrected chi connectivity index (χ1v) is 5.72. The second-order valence-corrected chi connectivity index (χ2v) is 3.77. The van der Waals surface area contributed by atoms with E-state index in [1.165, 1.54) is 7.11 Å². The molecule has 0 aromatic carbocycles. The number of esters is 1. The minimum Gasteiger partial charge on any atom is -0.391 e. The van der Waals surface area contributed by atoms with Gasteiger partial charge in [-0.3, -0.25) is 0 Å². The van der Waals surface area contributed by atoms with Crippen LogP contribution in [-0.4, -0.2) is 64.3 Å². The van der Waals surface area contributed by atoms with Crippen molar-refractivity contribution in [3.8, 4) is 0 Å². The molecule has 0 spiro atoms. The Morgan fingerprint density at radius 1 is 1.41 bits per heavy atom. The van der Waals surface area contributed by atoms with Crippen LogP contribution in [0.4, 0.5) is 0 Å². The standard InChI is InChI=1S/C11H23N3O3/c1-5-12-11(17-10(15)9-16-4)13-7-6-8-14(2)3/h5-9H2,1-4H3,(H,12,13). The van der Waals surface area contributed by atoms with Crippen LogP contribution in [0.25, 0.3) is 0 Å². The fourth-order valence-electron chi connectivity index (χ4n) is 1.11. The van der Waals surface area contributed by atoms with Crippen molar-refractivity contribution in [2.75, 3.05) is 47.4 Å². The van der Waals surface area contributed by atoms with E-state index in [2.05, 4.69) is 19.9 Å². The topological polar surface area (TPSA) is 63.2 Å². The van der Waals surface area contributed by atoms with E-state index in [-0.39, 0.29) is 12.6 Å². The molecule has 0 bridgehead atoms. The molecule has 100 valence electrons. The summed E-state index contributed by atoms with van der Waals surface area (Å²) in [6, 6.07) is 0.272. The number of aliphatic imine (C=N–C) groups is 1. The molecule has 17 heavy (non-hydrogen) atoms. The fraction of sp³-hybridized carbons (Fsp3) is 0.818. The first kappa shape index (κ1) is 15.9. The summed E-state index contributed by atoms with van der Waals surface area (Å²) in [6.45, 7) is 4.07. The Hall–Kier alpha value is -1.14.